The van der Waals surface area contributed by atoms with Crippen molar-refractivity contribution in [2.75, 3.05) is 5.32 Å². The fourth-order valence-electron chi connectivity index (χ4n) is 2.66. The summed E-state index contributed by atoms with van der Waals surface area (Å²) in [5, 5.41) is 7.06. The summed E-state index contributed by atoms with van der Waals surface area (Å²) in [6.45, 7) is 0.467. The minimum absolute atomic E-state index is 0.00779. The van der Waals surface area contributed by atoms with E-state index in [0.717, 1.165) is 11.1 Å². The van der Waals surface area contributed by atoms with Gasteiger partial charge in [0.2, 0.25) is 11.8 Å². The van der Waals surface area contributed by atoms with Crippen LogP contribution in [0.5, 0.6) is 5.75 Å². The fourth-order valence-corrected chi connectivity index (χ4v) is 2.85. The number of benzene rings is 3. The smallest absolute Gasteiger partial charge is 0.240 e. The molecule has 2 N–H and O–H groups in total. The molecular formula is C24H22ClN3O3. The number of rotatable bonds is 9. The van der Waals surface area contributed by atoms with Crippen LogP contribution in [-0.2, 0) is 16.2 Å². The van der Waals surface area contributed by atoms with Gasteiger partial charge in [0.05, 0.1) is 16.9 Å². The molecule has 0 unspecified atom stereocenters. The minimum atomic E-state index is -0.359. The lowest BCUT2D eigenvalue weighted by atomic mass is 10.2. The van der Waals surface area contributed by atoms with Gasteiger partial charge in [-0.3, -0.25) is 9.59 Å². The lowest BCUT2D eigenvalue weighted by molar-refractivity contribution is -0.124. The maximum absolute atomic E-state index is 12.0. The van der Waals surface area contributed by atoms with E-state index in [1.807, 2.05) is 54.6 Å². The van der Waals surface area contributed by atoms with Crippen LogP contribution in [0.4, 0.5) is 5.69 Å². The number of anilines is 1. The second-order valence-corrected chi connectivity index (χ2v) is 7.08. The highest BCUT2D eigenvalue weighted by molar-refractivity contribution is 6.33. The molecule has 2 amide bonds. The molecule has 0 atom stereocenters. The average molecular weight is 436 g/mol. The van der Waals surface area contributed by atoms with Gasteiger partial charge in [-0.05, 0) is 35.4 Å². The molecule has 0 saturated heterocycles. The summed E-state index contributed by atoms with van der Waals surface area (Å²) in [4.78, 5) is 23.9. The fraction of sp³-hybridized carbons (Fsp3) is 0.125. The Morgan fingerprint density at radius 1 is 0.903 bits per heavy atom. The molecule has 3 rings (SSSR count). The Labute approximate surface area is 185 Å². The van der Waals surface area contributed by atoms with Crippen molar-refractivity contribution in [3.63, 3.8) is 0 Å². The Balaban J connectivity index is 1.42. The Morgan fingerprint density at radius 3 is 2.45 bits per heavy atom. The zero-order chi connectivity index (χ0) is 21.9. The van der Waals surface area contributed by atoms with Crippen molar-refractivity contribution in [3.8, 4) is 5.75 Å². The van der Waals surface area contributed by atoms with Crippen molar-refractivity contribution in [1.82, 2.24) is 5.43 Å². The predicted octanol–water partition coefficient (Wildman–Crippen LogP) is 4.79. The molecular weight excluding hydrogens is 414 g/mol. The minimum Gasteiger partial charge on any atom is -0.489 e. The summed E-state index contributed by atoms with van der Waals surface area (Å²) in [5.41, 5.74) is 4.79. The van der Waals surface area contributed by atoms with Gasteiger partial charge in [0.25, 0.3) is 0 Å². The van der Waals surface area contributed by atoms with E-state index in [4.69, 9.17) is 16.3 Å². The molecule has 158 valence electrons. The highest BCUT2D eigenvalue weighted by Crippen LogP contribution is 2.20. The molecule has 0 spiro atoms. The number of carbonyl (C=O) groups excluding carboxylic acids is 2. The second kappa shape index (κ2) is 11.5. The van der Waals surface area contributed by atoms with Crippen molar-refractivity contribution in [3.05, 3.63) is 95.0 Å². The lowest BCUT2D eigenvalue weighted by Gasteiger charge is -2.07. The van der Waals surface area contributed by atoms with Gasteiger partial charge < -0.3 is 10.1 Å². The third kappa shape index (κ3) is 7.60. The molecule has 0 aliphatic rings. The molecule has 3 aromatic rings. The molecule has 6 nitrogen and oxygen atoms in total. The first kappa shape index (κ1) is 22.1. The zero-order valence-electron chi connectivity index (χ0n) is 16.8. The summed E-state index contributed by atoms with van der Waals surface area (Å²) in [5.74, 6) is 0.0490. The first-order valence-corrected chi connectivity index (χ1v) is 10.1. The number of amides is 2. The number of hydrogen-bond donors (Lipinski definition) is 2. The van der Waals surface area contributed by atoms with E-state index >= 15 is 0 Å². The monoisotopic (exact) mass is 435 g/mol. The van der Waals surface area contributed by atoms with Crippen LogP contribution in [0.1, 0.15) is 24.0 Å². The number of nitrogens with one attached hydrogen (secondary N) is 2. The van der Waals surface area contributed by atoms with Crippen LogP contribution in [0.3, 0.4) is 0 Å². The van der Waals surface area contributed by atoms with Crippen LogP contribution >= 0.6 is 11.6 Å². The normalized spacial score (nSPS) is 10.6. The lowest BCUT2D eigenvalue weighted by Crippen LogP contribution is -2.20. The van der Waals surface area contributed by atoms with E-state index in [2.05, 4.69) is 15.8 Å². The summed E-state index contributed by atoms with van der Waals surface area (Å²) in [7, 11) is 0. The van der Waals surface area contributed by atoms with Gasteiger partial charge in [-0.15, -0.1) is 0 Å². The molecule has 0 heterocycles. The average Bonchev–Trinajstić information content (AvgIpc) is 2.79. The number of hydrogen-bond acceptors (Lipinski definition) is 4. The molecule has 0 aliphatic heterocycles. The zero-order valence-corrected chi connectivity index (χ0v) is 17.5. The van der Waals surface area contributed by atoms with Gasteiger partial charge in [0.15, 0.2) is 0 Å². The molecule has 0 aromatic heterocycles. The maximum Gasteiger partial charge on any atom is 0.240 e. The number of carbonyl (C=O) groups is 2. The summed E-state index contributed by atoms with van der Waals surface area (Å²) < 4.78 is 5.78. The van der Waals surface area contributed by atoms with E-state index in [1.165, 1.54) is 6.21 Å². The van der Waals surface area contributed by atoms with Crippen LogP contribution in [0, 0.1) is 0 Å². The molecule has 0 radical (unpaired) electrons. The summed E-state index contributed by atoms with van der Waals surface area (Å²) in [6.07, 6.45) is 1.56. The Kier molecular flexibility index (Phi) is 8.20. The molecule has 3 aromatic carbocycles. The molecule has 7 heteroatoms. The molecule has 0 fully saturated rings. The standard InChI is InChI=1S/C24H22ClN3O3/c25-21-11-4-5-12-22(21)27-23(29)13-14-24(30)28-26-16-19-9-6-10-20(15-19)31-17-18-7-2-1-3-8-18/h1-12,15-16H,13-14,17H2,(H,27,29)(H,28,30)/b26-16+. The van der Waals surface area contributed by atoms with Gasteiger partial charge in [-0.25, -0.2) is 5.43 Å². The highest BCUT2D eigenvalue weighted by atomic mass is 35.5. The SMILES string of the molecule is O=C(CCC(=O)Nc1ccccc1Cl)N/N=C/c1cccc(OCc2ccccc2)c1. The number of halogens is 1. The van der Waals surface area contributed by atoms with Gasteiger partial charge >= 0.3 is 0 Å². The van der Waals surface area contributed by atoms with E-state index in [-0.39, 0.29) is 24.7 Å². The summed E-state index contributed by atoms with van der Waals surface area (Å²) >= 11 is 6.00. The van der Waals surface area contributed by atoms with Crippen molar-refractivity contribution >= 4 is 35.3 Å². The van der Waals surface area contributed by atoms with Gasteiger partial charge in [0, 0.05) is 12.8 Å². The Bertz CT molecular complexity index is 1050. The van der Waals surface area contributed by atoms with E-state index < -0.39 is 0 Å². The molecule has 0 saturated carbocycles. The maximum atomic E-state index is 12.0. The first-order valence-electron chi connectivity index (χ1n) is 9.73. The Hall–Kier alpha value is -3.64. The largest absolute Gasteiger partial charge is 0.489 e. The highest BCUT2D eigenvalue weighted by Gasteiger charge is 2.08. The van der Waals surface area contributed by atoms with Gasteiger partial charge in [0.1, 0.15) is 12.4 Å². The molecule has 0 bridgehead atoms. The van der Waals surface area contributed by atoms with Crippen molar-refractivity contribution in [2.45, 2.75) is 19.4 Å². The number of para-hydroxylation sites is 1. The van der Waals surface area contributed by atoms with Gasteiger partial charge in [-0.2, -0.15) is 5.10 Å². The third-order valence-corrected chi connectivity index (χ3v) is 4.57. The molecule has 31 heavy (non-hydrogen) atoms. The van der Waals surface area contributed by atoms with E-state index in [0.29, 0.717) is 23.1 Å². The van der Waals surface area contributed by atoms with Crippen molar-refractivity contribution in [2.24, 2.45) is 5.10 Å². The van der Waals surface area contributed by atoms with Crippen LogP contribution in [-0.4, -0.2) is 18.0 Å². The van der Waals surface area contributed by atoms with Crippen LogP contribution < -0.4 is 15.5 Å². The third-order valence-electron chi connectivity index (χ3n) is 4.24. The second-order valence-electron chi connectivity index (χ2n) is 6.67. The quantitative estimate of drug-likeness (QED) is 0.374. The number of hydrazone groups is 1. The van der Waals surface area contributed by atoms with E-state index in [9.17, 15) is 9.59 Å². The first-order chi connectivity index (χ1) is 15.1. The van der Waals surface area contributed by atoms with Crippen molar-refractivity contribution < 1.29 is 14.3 Å². The van der Waals surface area contributed by atoms with E-state index in [1.54, 1.807) is 24.3 Å². The number of nitrogens with zero attached hydrogens (tertiary/aromatic N) is 1. The van der Waals surface area contributed by atoms with Crippen LogP contribution in [0.15, 0.2) is 84.0 Å². The topological polar surface area (TPSA) is 79.8 Å². The van der Waals surface area contributed by atoms with Gasteiger partial charge in [-0.1, -0.05) is 66.2 Å². The van der Waals surface area contributed by atoms with Crippen LogP contribution in [0.2, 0.25) is 5.02 Å². The Morgan fingerprint density at radius 2 is 1.65 bits per heavy atom. The van der Waals surface area contributed by atoms with Crippen LogP contribution in [0.25, 0.3) is 0 Å². The number of ether oxygens (including phenoxy) is 1. The molecule has 0 aliphatic carbocycles. The predicted molar refractivity (Wildman–Crippen MR) is 122 cm³/mol. The van der Waals surface area contributed by atoms with Crippen molar-refractivity contribution in [1.29, 1.82) is 0 Å². The summed E-state index contributed by atoms with van der Waals surface area (Å²) in [6, 6.07) is 24.2.